The van der Waals surface area contributed by atoms with E-state index in [0.29, 0.717) is 21.6 Å². The summed E-state index contributed by atoms with van der Waals surface area (Å²) in [5, 5.41) is 12.4. The first-order chi connectivity index (χ1) is 18.8. The van der Waals surface area contributed by atoms with Crippen molar-refractivity contribution in [3.63, 3.8) is 0 Å². The molecule has 1 amide bonds. The molecule has 0 saturated carbocycles. The SMILES string of the molecule is O=C(NCc1cccc(C(F)(F)F)c1)c1coc(CSc2nnc(-c3ccccc3Cl)n2-c2ccccc2)n1. The van der Waals surface area contributed by atoms with Crippen LogP contribution in [0.4, 0.5) is 13.2 Å². The van der Waals surface area contributed by atoms with Crippen LogP contribution in [0.25, 0.3) is 17.1 Å². The summed E-state index contributed by atoms with van der Waals surface area (Å²) in [7, 11) is 0. The summed E-state index contributed by atoms with van der Waals surface area (Å²) in [5.74, 6) is 0.511. The Labute approximate surface area is 230 Å². The van der Waals surface area contributed by atoms with E-state index in [1.54, 1.807) is 6.07 Å². The quantitative estimate of drug-likeness (QED) is 0.206. The van der Waals surface area contributed by atoms with E-state index in [9.17, 15) is 18.0 Å². The van der Waals surface area contributed by atoms with E-state index < -0.39 is 17.6 Å². The van der Waals surface area contributed by atoms with E-state index in [2.05, 4.69) is 20.5 Å². The zero-order chi connectivity index (χ0) is 27.4. The monoisotopic (exact) mass is 569 g/mol. The minimum atomic E-state index is -4.46. The van der Waals surface area contributed by atoms with Gasteiger partial charge in [-0.1, -0.05) is 65.8 Å². The highest BCUT2D eigenvalue weighted by Crippen LogP contribution is 2.33. The number of carbonyl (C=O) groups excluding carboxylic acids is 1. The number of aromatic nitrogens is 4. The molecule has 0 saturated heterocycles. The van der Waals surface area contributed by atoms with Crippen LogP contribution in [-0.4, -0.2) is 25.7 Å². The van der Waals surface area contributed by atoms with Crippen molar-refractivity contribution < 1.29 is 22.4 Å². The Morgan fingerprint density at radius 1 is 1.00 bits per heavy atom. The number of halogens is 4. The highest BCUT2D eigenvalue weighted by molar-refractivity contribution is 7.98. The average Bonchev–Trinajstić information content (AvgIpc) is 3.58. The summed E-state index contributed by atoms with van der Waals surface area (Å²) in [5.41, 5.74) is 1.10. The fraction of sp³-hybridized carbons (Fsp3) is 0.111. The first-order valence-electron chi connectivity index (χ1n) is 11.6. The Kier molecular flexibility index (Phi) is 7.71. The second kappa shape index (κ2) is 11.3. The summed E-state index contributed by atoms with van der Waals surface area (Å²) in [6.07, 6.45) is -3.26. The maximum absolute atomic E-state index is 12.9. The molecule has 0 aliphatic heterocycles. The lowest BCUT2D eigenvalue weighted by molar-refractivity contribution is -0.137. The topological polar surface area (TPSA) is 85.8 Å². The number of benzene rings is 3. The van der Waals surface area contributed by atoms with Crippen molar-refractivity contribution in [1.29, 1.82) is 0 Å². The molecule has 0 unspecified atom stereocenters. The van der Waals surface area contributed by atoms with Crippen LogP contribution >= 0.6 is 23.4 Å². The second-order valence-corrected chi connectivity index (χ2v) is 9.60. The Bertz CT molecular complexity index is 1600. The molecule has 198 valence electrons. The molecular formula is C27H19ClF3N5O2S. The zero-order valence-electron chi connectivity index (χ0n) is 20.0. The fourth-order valence-corrected chi connectivity index (χ4v) is 4.75. The van der Waals surface area contributed by atoms with Gasteiger partial charge in [0.05, 0.1) is 16.3 Å². The van der Waals surface area contributed by atoms with Gasteiger partial charge in [-0.3, -0.25) is 9.36 Å². The van der Waals surface area contributed by atoms with E-state index in [1.165, 1.54) is 30.2 Å². The molecule has 5 rings (SSSR count). The minimum absolute atomic E-state index is 0.0128. The summed E-state index contributed by atoms with van der Waals surface area (Å²) in [6, 6.07) is 21.6. The van der Waals surface area contributed by atoms with Gasteiger partial charge < -0.3 is 9.73 Å². The van der Waals surface area contributed by atoms with Crippen molar-refractivity contribution in [1.82, 2.24) is 25.1 Å². The van der Waals surface area contributed by atoms with E-state index in [1.807, 2.05) is 53.1 Å². The molecule has 2 heterocycles. The first-order valence-corrected chi connectivity index (χ1v) is 12.9. The molecule has 0 bridgehead atoms. The van der Waals surface area contributed by atoms with Crippen LogP contribution in [0.5, 0.6) is 0 Å². The Morgan fingerprint density at radius 3 is 2.54 bits per heavy atom. The third-order valence-electron chi connectivity index (χ3n) is 5.58. The van der Waals surface area contributed by atoms with Gasteiger partial charge in [0.25, 0.3) is 5.91 Å². The highest BCUT2D eigenvalue weighted by Gasteiger charge is 2.30. The van der Waals surface area contributed by atoms with Crippen LogP contribution in [0, 0.1) is 0 Å². The number of rotatable bonds is 8. The average molecular weight is 570 g/mol. The van der Waals surface area contributed by atoms with Crippen LogP contribution in [0.15, 0.2) is 94.7 Å². The van der Waals surface area contributed by atoms with Gasteiger partial charge >= 0.3 is 6.18 Å². The molecule has 0 aliphatic carbocycles. The van der Waals surface area contributed by atoms with Gasteiger partial charge in [-0.15, -0.1) is 10.2 Å². The molecule has 0 aliphatic rings. The maximum Gasteiger partial charge on any atom is 0.416 e. The van der Waals surface area contributed by atoms with Crippen LogP contribution in [-0.2, 0) is 18.5 Å². The lowest BCUT2D eigenvalue weighted by Crippen LogP contribution is -2.23. The van der Waals surface area contributed by atoms with Gasteiger partial charge in [-0.2, -0.15) is 13.2 Å². The lowest BCUT2D eigenvalue weighted by atomic mass is 10.1. The van der Waals surface area contributed by atoms with Crippen LogP contribution in [0.3, 0.4) is 0 Å². The zero-order valence-corrected chi connectivity index (χ0v) is 21.6. The number of hydrogen-bond donors (Lipinski definition) is 1. The molecule has 1 N–H and O–H groups in total. The third-order valence-corrected chi connectivity index (χ3v) is 6.82. The van der Waals surface area contributed by atoms with Gasteiger partial charge in [-0.05, 0) is 42.0 Å². The number of amides is 1. The summed E-state index contributed by atoms with van der Waals surface area (Å²) >= 11 is 7.73. The fourth-order valence-electron chi connectivity index (χ4n) is 3.73. The Morgan fingerprint density at radius 2 is 1.77 bits per heavy atom. The van der Waals surface area contributed by atoms with Gasteiger partial charge in [0.1, 0.15) is 6.26 Å². The number of nitrogens with one attached hydrogen (secondary N) is 1. The van der Waals surface area contributed by atoms with Gasteiger partial charge in [-0.25, -0.2) is 4.98 Å². The second-order valence-electron chi connectivity index (χ2n) is 8.25. The lowest BCUT2D eigenvalue weighted by Gasteiger charge is -2.10. The summed E-state index contributed by atoms with van der Waals surface area (Å²) in [4.78, 5) is 16.7. The first kappa shape index (κ1) is 26.5. The number of oxazole rings is 1. The van der Waals surface area contributed by atoms with Crippen LogP contribution in [0.1, 0.15) is 27.5 Å². The van der Waals surface area contributed by atoms with E-state index in [0.717, 1.165) is 23.4 Å². The van der Waals surface area contributed by atoms with E-state index in [4.69, 9.17) is 16.0 Å². The van der Waals surface area contributed by atoms with Crippen molar-refractivity contribution in [3.8, 4) is 17.1 Å². The maximum atomic E-state index is 12.9. The predicted molar refractivity (Wildman–Crippen MR) is 140 cm³/mol. The van der Waals surface area contributed by atoms with Crippen molar-refractivity contribution in [2.45, 2.75) is 23.6 Å². The molecule has 3 aromatic carbocycles. The van der Waals surface area contributed by atoms with Gasteiger partial charge in [0, 0.05) is 17.8 Å². The number of carbonyl (C=O) groups is 1. The number of thioether (sulfide) groups is 1. The van der Waals surface area contributed by atoms with Crippen molar-refractivity contribution in [2.24, 2.45) is 0 Å². The Hall–Kier alpha value is -4.09. The van der Waals surface area contributed by atoms with Gasteiger partial charge in [0.15, 0.2) is 16.7 Å². The predicted octanol–water partition coefficient (Wildman–Crippen LogP) is 6.82. The molecule has 0 fully saturated rings. The summed E-state index contributed by atoms with van der Waals surface area (Å²) in [6.45, 7) is -0.0926. The van der Waals surface area contributed by atoms with Crippen LogP contribution in [0.2, 0.25) is 5.02 Å². The molecule has 39 heavy (non-hydrogen) atoms. The third kappa shape index (κ3) is 6.15. The van der Waals surface area contributed by atoms with E-state index in [-0.39, 0.29) is 23.9 Å². The normalized spacial score (nSPS) is 11.5. The van der Waals surface area contributed by atoms with E-state index >= 15 is 0 Å². The molecule has 2 aromatic heterocycles. The summed E-state index contributed by atoms with van der Waals surface area (Å²) < 4.78 is 46.1. The molecule has 0 spiro atoms. The number of alkyl halides is 3. The molecular weight excluding hydrogens is 551 g/mol. The van der Waals surface area contributed by atoms with Crippen molar-refractivity contribution >= 4 is 29.3 Å². The minimum Gasteiger partial charge on any atom is -0.447 e. The largest absolute Gasteiger partial charge is 0.447 e. The van der Waals surface area contributed by atoms with Gasteiger partial charge in [0.2, 0.25) is 5.89 Å². The van der Waals surface area contributed by atoms with Crippen molar-refractivity contribution in [3.05, 3.63) is 113 Å². The molecule has 12 heteroatoms. The smallest absolute Gasteiger partial charge is 0.416 e. The Balaban J connectivity index is 1.29. The molecule has 7 nitrogen and oxygen atoms in total. The number of para-hydroxylation sites is 1. The van der Waals surface area contributed by atoms with Crippen LogP contribution < -0.4 is 5.32 Å². The molecule has 5 aromatic rings. The number of nitrogens with zero attached hydrogens (tertiary/aromatic N) is 4. The molecule has 0 radical (unpaired) electrons. The number of hydrogen-bond acceptors (Lipinski definition) is 6. The molecule has 0 atom stereocenters. The van der Waals surface area contributed by atoms with Crippen molar-refractivity contribution in [2.75, 3.05) is 0 Å². The highest BCUT2D eigenvalue weighted by atomic mass is 35.5. The standard InChI is InChI=1S/C27H19ClF3N5O2S/c28-21-12-5-4-11-20(21)24-34-35-26(36(24)19-9-2-1-3-10-19)39-16-23-33-22(15-38-23)25(37)32-14-17-7-6-8-18(13-17)27(29,30)31/h1-13,15H,14,16H2,(H,32,37).